The van der Waals surface area contributed by atoms with Crippen molar-refractivity contribution in [3.8, 4) is 0 Å². The van der Waals surface area contributed by atoms with Gasteiger partial charge >= 0.3 is 14.8 Å². The summed E-state index contributed by atoms with van der Waals surface area (Å²) < 4.78 is 24.3. The fraction of sp³-hybridized carbons (Fsp3) is 1.00. The molecule has 0 unspecified atom stereocenters. The molecule has 0 saturated heterocycles. The van der Waals surface area contributed by atoms with Crippen molar-refractivity contribution in [1.82, 2.24) is 5.32 Å². The van der Waals surface area contributed by atoms with Crippen molar-refractivity contribution >= 4 is 15.9 Å². The first-order chi connectivity index (χ1) is 4.15. The Labute approximate surface area is 67.8 Å². The SMILES string of the molecule is CNCCBr.[O-][Br+2]([O-])O. The molecule has 0 bridgehead atoms. The number of halogens is 2. The van der Waals surface area contributed by atoms with Gasteiger partial charge in [0.1, 0.15) is 0 Å². The van der Waals surface area contributed by atoms with Crippen LogP contribution in [0.4, 0.5) is 0 Å². The van der Waals surface area contributed by atoms with Crippen molar-refractivity contribution in [3.63, 3.8) is 0 Å². The molecule has 0 heterocycles. The lowest BCUT2D eigenvalue weighted by Gasteiger charge is -1.83. The van der Waals surface area contributed by atoms with Crippen molar-refractivity contribution in [2.75, 3.05) is 18.9 Å². The van der Waals surface area contributed by atoms with Crippen LogP contribution in [0.15, 0.2) is 0 Å². The molecular formula is C3H9Br2NO3. The average molecular weight is 267 g/mol. The Morgan fingerprint density at radius 2 is 2.00 bits per heavy atom. The molecule has 6 heteroatoms. The molecule has 0 aromatic rings. The summed E-state index contributed by atoms with van der Waals surface area (Å²) in [6, 6.07) is 0. The zero-order chi connectivity index (χ0) is 7.70. The molecule has 0 fully saturated rings. The van der Waals surface area contributed by atoms with Crippen LogP contribution in [-0.4, -0.2) is 23.1 Å². The maximum Gasteiger partial charge on any atom is 0.433 e. The molecule has 58 valence electrons. The molecule has 2 N–H and O–H groups in total. The van der Waals surface area contributed by atoms with Crippen LogP contribution < -0.4 is 13.7 Å². The van der Waals surface area contributed by atoms with Crippen molar-refractivity contribution in [3.05, 3.63) is 0 Å². The first kappa shape index (κ1) is 12.5. The molecule has 0 aliphatic heterocycles. The van der Waals surface area contributed by atoms with Gasteiger partial charge < -0.3 is 13.7 Å². The van der Waals surface area contributed by atoms with E-state index in [9.17, 15) is 0 Å². The van der Waals surface area contributed by atoms with E-state index < -0.39 is 14.8 Å². The summed E-state index contributed by atoms with van der Waals surface area (Å²) in [5.74, 6) is 0. The van der Waals surface area contributed by atoms with Gasteiger partial charge in [0, 0.05) is 11.9 Å². The number of hydrogen-bond acceptors (Lipinski definition) is 4. The van der Waals surface area contributed by atoms with Gasteiger partial charge in [-0.2, -0.15) is 0 Å². The Hall–Kier alpha value is 0.800. The standard InChI is InChI=1S/C3H8BrN.BrHO3/c1-5-3-2-4;2-1(3)4/h5H,2-3H2,1H3;2H. The van der Waals surface area contributed by atoms with Crippen LogP contribution in [0.5, 0.6) is 0 Å². The Morgan fingerprint density at radius 3 is 2.00 bits per heavy atom. The second-order valence-electron chi connectivity index (χ2n) is 0.994. The smallest absolute Gasteiger partial charge is 0.372 e. The van der Waals surface area contributed by atoms with Gasteiger partial charge in [-0.1, -0.05) is 15.9 Å². The number of alkyl halides is 1. The summed E-state index contributed by atoms with van der Waals surface area (Å²) in [6.07, 6.45) is 0. The van der Waals surface area contributed by atoms with E-state index >= 15 is 0 Å². The fourth-order valence-corrected chi connectivity index (χ4v) is 0.491. The predicted octanol–water partition coefficient (Wildman–Crippen LogP) is -2.33. The van der Waals surface area contributed by atoms with Gasteiger partial charge in [0.2, 0.25) is 0 Å². The number of hydrogen-bond donors (Lipinski definition) is 2. The minimum Gasteiger partial charge on any atom is -0.372 e. The highest BCUT2D eigenvalue weighted by Gasteiger charge is 1.86. The van der Waals surface area contributed by atoms with Crippen molar-refractivity contribution in [2.24, 2.45) is 0 Å². The Morgan fingerprint density at radius 1 is 1.67 bits per heavy atom. The average Bonchev–Trinajstić information content (AvgIpc) is 1.66. The zero-order valence-corrected chi connectivity index (χ0v) is 8.11. The highest BCUT2D eigenvalue weighted by Crippen LogP contribution is 1.70. The lowest BCUT2D eigenvalue weighted by molar-refractivity contribution is -1.63. The minimum atomic E-state index is -3.40. The maximum absolute atomic E-state index is 8.63. The maximum atomic E-state index is 8.63. The zero-order valence-electron chi connectivity index (χ0n) is 4.93. The van der Waals surface area contributed by atoms with Crippen molar-refractivity contribution < 1.29 is 27.4 Å². The predicted molar refractivity (Wildman–Crippen MR) is 29.9 cm³/mol. The van der Waals surface area contributed by atoms with Gasteiger partial charge in [-0.3, -0.25) is 0 Å². The fourth-order valence-electron chi connectivity index (χ4n) is 0.0945. The summed E-state index contributed by atoms with van der Waals surface area (Å²) in [6.45, 7) is 1.06. The summed E-state index contributed by atoms with van der Waals surface area (Å²) in [7, 11) is 1.93. The summed E-state index contributed by atoms with van der Waals surface area (Å²) in [5.41, 5.74) is 0. The Balaban J connectivity index is 0. The molecule has 0 aliphatic carbocycles. The van der Waals surface area contributed by atoms with Crippen LogP contribution >= 0.6 is 15.9 Å². The largest absolute Gasteiger partial charge is 0.433 e. The van der Waals surface area contributed by atoms with Gasteiger partial charge in [-0.15, -0.1) is 0 Å². The number of rotatable bonds is 2. The van der Waals surface area contributed by atoms with Gasteiger partial charge in [0.25, 0.3) is 0 Å². The molecule has 4 nitrogen and oxygen atoms in total. The van der Waals surface area contributed by atoms with Gasteiger partial charge in [0.05, 0.1) is 0 Å². The summed E-state index contributed by atoms with van der Waals surface area (Å²) in [5, 5.41) is 4.02. The van der Waals surface area contributed by atoms with E-state index in [0.29, 0.717) is 0 Å². The van der Waals surface area contributed by atoms with Gasteiger partial charge in [-0.05, 0) is 11.2 Å². The van der Waals surface area contributed by atoms with Crippen LogP contribution in [-0.2, 0) is 0 Å². The first-order valence-electron chi connectivity index (χ1n) is 2.10. The Bertz CT molecular complexity index is 41.3. The third-order valence-electron chi connectivity index (χ3n) is 0.344. The second-order valence-corrected chi connectivity index (χ2v) is 2.63. The topological polar surface area (TPSA) is 78.4 Å². The van der Waals surface area contributed by atoms with Crippen LogP contribution in [0.1, 0.15) is 0 Å². The normalized spacial score (nSPS) is 8.67. The van der Waals surface area contributed by atoms with E-state index in [4.69, 9.17) is 12.6 Å². The quantitative estimate of drug-likeness (QED) is 0.550. The molecular weight excluding hydrogens is 258 g/mol. The van der Waals surface area contributed by atoms with E-state index in [1.54, 1.807) is 0 Å². The minimum absolute atomic E-state index is 1.05. The lowest BCUT2D eigenvalue weighted by atomic mass is 10.8. The van der Waals surface area contributed by atoms with Crippen LogP contribution in [0, 0.1) is 14.8 Å². The summed E-state index contributed by atoms with van der Waals surface area (Å²) in [4.78, 5) is 0. The van der Waals surface area contributed by atoms with Gasteiger partial charge in [0.15, 0.2) is 0 Å². The monoisotopic (exact) mass is 265 g/mol. The van der Waals surface area contributed by atoms with Crippen LogP contribution in [0.3, 0.4) is 0 Å². The molecule has 0 rings (SSSR count). The van der Waals surface area contributed by atoms with Crippen molar-refractivity contribution in [2.45, 2.75) is 0 Å². The van der Waals surface area contributed by atoms with Crippen LogP contribution in [0.25, 0.3) is 0 Å². The van der Waals surface area contributed by atoms with Crippen LogP contribution in [0.2, 0.25) is 0 Å². The lowest BCUT2D eigenvalue weighted by Crippen LogP contribution is -2.30. The second kappa shape index (κ2) is 11.6. The highest BCUT2D eigenvalue weighted by atomic mass is 80.0. The van der Waals surface area contributed by atoms with E-state index in [-0.39, 0.29) is 0 Å². The third-order valence-corrected chi connectivity index (χ3v) is 0.741. The highest BCUT2D eigenvalue weighted by molar-refractivity contribution is 9.09. The summed E-state index contributed by atoms with van der Waals surface area (Å²) >= 11 is -0.149. The van der Waals surface area contributed by atoms with Gasteiger partial charge in [-0.25, -0.2) is 0 Å². The van der Waals surface area contributed by atoms with E-state index in [1.165, 1.54) is 0 Å². The molecule has 0 spiro atoms. The molecule has 0 aliphatic rings. The third kappa shape index (κ3) is 51.9. The molecule has 0 atom stereocenters. The first-order valence-corrected chi connectivity index (χ1v) is 5.22. The molecule has 0 aromatic carbocycles. The molecule has 9 heavy (non-hydrogen) atoms. The molecule has 0 amide bonds. The Kier molecular flexibility index (Phi) is 16.0. The van der Waals surface area contributed by atoms with E-state index in [1.807, 2.05) is 7.05 Å². The van der Waals surface area contributed by atoms with E-state index in [0.717, 1.165) is 11.9 Å². The molecule has 0 radical (unpaired) electrons. The van der Waals surface area contributed by atoms with E-state index in [2.05, 4.69) is 21.2 Å². The molecule has 0 saturated carbocycles. The molecule has 0 aromatic heterocycles. The van der Waals surface area contributed by atoms with Crippen molar-refractivity contribution in [1.29, 1.82) is 0 Å². The number of nitrogens with one attached hydrogen (secondary N) is 1.